The molecule has 7 atom stereocenters. The molecular weight excluding hydrogens is 919 g/mol. The predicted octanol–water partition coefficient (Wildman–Crippen LogP) is 10.5. The van der Waals surface area contributed by atoms with Crippen LogP contribution in [-0.2, 0) is 30.3 Å². The average molecular weight is 1000 g/mol. The molecule has 0 bridgehead atoms. The first-order chi connectivity index (χ1) is 35.4. The zero-order chi connectivity index (χ0) is 50.8. The van der Waals surface area contributed by atoms with Crippen molar-refractivity contribution >= 4 is 17.9 Å². The number of hydrogen-bond donors (Lipinski definition) is 4. The molecule has 15 heteroatoms. The van der Waals surface area contributed by atoms with E-state index in [4.69, 9.17) is 38.4 Å². The monoisotopic (exact) mass is 1000 g/mol. The van der Waals surface area contributed by atoms with Gasteiger partial charge in [0.05, 0.1) is 51.3 Å². The maximum absolute atomic E-state index is 14.9. The van der Waals surface area contributed by atoms with Crippen LogP contribution in [0.2, 0.25) is 0 Å². The maximum atomic E-state index is 14.9. The molecule has 6 rings (SSSR count). The van der Waals surface area contributed by atoms with Crippen molar-refractivity contribution in [2.45, 2.75) is 166 Å². The lowest BCUT2D eigenvalue weighted by molar-refractivity contribution is -0.256. The highest BCUT2D eigenvalue weighted by Gasteiger charge is 2.65. The Balaban J connectivity index is 1.42. The van der Waals surface area contributed by atoms with Crippen molar-refractivity contribution < 1.29 is 58.2 Å². The molecule has 72 heavy (non-hydrogen) atoms. The van der Waals surface area contributed by atoms with Crippen molar-refractivity contribution in [2.75, 3.05) is 59.4 Å². The number of ether oxygens (including phenoxy) is 6. The fraction of sp³-hybridized carbons (Fsp3) is 0.667. The first-order valence-corrected chi connectivity index (χ1v) is 27.3. The predicted molar refractivity (Wildman–Crippen MR) is 277 cm³/mol. The van der Waals surface area contributed by atoms with E-state index >= 15 is 0 Å². The van der Waals surface area contributed by atoms with Crippen molar-refractivity contribution in [3.8, 4) is 11.5 Å². The van der Waals surface area contributed by atoms with Gasteiger partial charge in [-0.3, -0.25) is 4.90 Å². The van der Waals surface area contributed by atoms with Crippen LogP contribution < -0.4 is 14.8 Å². The minimum Gasteiger partial charge on any atom is -0.459 e. The lowest BCUT2D eigenvalue weighted by Crippen LogP contribution is -2.70. The molecule has 1 saturated carbocycles. The Morgan fingerprint density at radius 1 is 0.875 bits per heavy atom. The molecule has 2 aliphatic carbocycles. The van der Waals surface area contributed by atoms with Crippen LogP contribution in [0.4, 0.5) is 9.59 Å². The number of hydrogen-bond acceptors (Lipinski definition) is 13. The van der Waals surface area contributed by atoms with Crippen molar-refractivity contribution in [3.63, 3.8) is 0 Å². The minimum absolute atomic E-state index is 0.00465. The van der Waals surface area contributed by atoms with Gasteiger partial charge < -0.3 is 53.9 Å². The molecule has 2 heterocycles. The van der Waals surface area contributed by atoms with Gasteiger partial charge in [0.2, 0.25) is 12.1 Å². The van der Waals surface area contributed by atoms with Gasteiger partial charge in [-0.1, -0.05) is 125 Å². The number of rotatable bonds is 33. The molecule has 2 amide bonds. The molecule has 1 saturated heterocycles. The van der Waals surface area contributed by atoms with Crippen LogP contribution in [0.3, 0.4) is 0 Å². The molecule has 4 aliphatic rings. The fourth-order valence-electron chi connectivity index (χ4n) is 11.1. The number of carbonyl (C=O) groups is 2. The van der Waals surface area contributed by atoms with Crippen molar-refractivity contribution in [2.24, 2.45) is 22.9 Å². The highest BCUT2D eigenvalue weighted by molar-refractivity contribution is 6.03. The van der Waals surface area contributed by atoms with E-state index in [1.807, 2.05) is 42.5 Å². The summed E-state index contributed by atoms with van der Waals surface area (Å²) in [6.07, 6.45) is 20.8. The van der Waals surface area contributed by atoms with Crippen LogP contribution in [0.1, 0.15) is 152 Å². The Labute approximate surface area is 428 Å². The molecule has 2 fully saturated rings. The highest BCUT2D eigenvalue weighted by Crippen LogP contribution is 2.62. The zero-order valence-corrected chi connectivity index (χ0v) is 43.1. The van der Waals surface area contributed by atoms with Crippen molar-refractivity contribution in [1.82, 2.24) is 10.2 Å². The standard InChI is InChI=1S/C57H85N3O12/c1-3-5-6-7-8-9-10-11-12-21-36-68-56(65)60(30-37-66-38-33-63)51-41-49(59-72-52-27-18-22-35-67-52)47-39-44(25-16-19-31-61)46(26-17-20-32-62)53-48-40-45(70-55(64)58-42-43-23-14-13-15-24-43)28-29-50(48)71-57(51,54(47)53)69-34-4-2/h4,13-15,23-24,28-29,39-40,44,46,51-54,61-63H,2-3,5-12,16-22,25-27,30-38,41-42H2,1H3,(H,58,64)/t44-,46+,51-,52?,53+,54+,57+/m0/s1. The van der Waals surface area contributed by atoms with Gasteiger partial charge in [0.1, 0.15) is 17.5 Å². The number of fused-ring (bicyclic) bond motifs is 2. The van der Waals surface area contributed by atoms with Crippen LogP contribution in [0.5, 0.6) is 11.5 Å². The number of nitrogens with one attached hydrogen (secondary N) is 1. The van der Waals surface area contributed by atoms with Gasteiger partial charge in [-0.2, -0.15) is 0 Å². The summed E-state index contributed by atoms with van der Waals surface area (Å²) in [5, 5.41) is 37.6. The topological polar surface area (TPSA) is 187 Å². The first kappa shape index (κ1) is 56.8. The Kier molecular flexibility index (Phi) is 24.7. The Morgan fingerprint density at radius 2 is 1.62 bits per heavy atom. The summed E-state index contributed by atoms with van der Waals surface area (Å²) >= 11 is 0. The second kappa shape index (κ2) is 31.3. The highest BCUT2D eigenvalue weighted by atomic mass is 16.8. The van der Waals surface area contributed by atoms with Crippen molar-refractivity contribution in [3.05, 3.63) is 84.0 Å². The summed E-state index contributed by atoms with van der Waals surface area (Å²) in [5.41, 5.74) is 3.25. The third-order valence-electron chi connectivity index (χ3n) is 14.6. The van der Waals surface area contributed by atoms with Crippen molar-refractivity contribution in [1.29, 1.82) is 0 Å². The summed E-state index contributed by atoms with van der Waals surface area (Å²) in [5.74, 6) is -1.67. The lowest BCUT2D eigenvalue weighted by atomic mass is 9.55. The number of carbonyl (C=O) groups excluding carboxylic acids is 2. The molecule has 0 radical (unpaired) electrons. The lowest BCUT2D eigenvalue weighted by Gasteiger charge is -2.59. The van der Waals surface area contributed by atoms with Crippen LogP contribution in [0.25, 0.3) is 0 Å². The van der Waals surface area contributed by atoms with Gasteiger partial charge in [-0.15, -0.1) is 6.58 Å². The number of nitrogens with zero attached hydrogens (tertiary/aromatic N) is 2. The van der Waals surface area contributed by atoms with Gasteiger partial charge in [-0.25, -0.2) is 9.59 Å². The van der Waals surface area contributed by atoms with Crippen LogP contribution in [0, 0.1) is 17.8 Å². The van der Waals surface area contributed by atoms with Crippen LogP contribution >= 0.6 is 0 Å². The van der Waals surface area contributed by atoms with E-state index in [1.165, 1.54) is 38.5 Å². The quantitative estimate of drug-likeness (QED) is 0.0302. The molecule has 0 spiro atoms. The van der Waals surface area contributed by atoms with E-state index in [-0.39, 0.29) is 77.0 Å². The molecule has 1 unspecified atom stereocenters. The molecular formula is C57H85N3O12. The number of aliphatic hydroxyl groups is 3. The summed E-state index contributed by atoms with van der Waals surface area (Å²) in [4.78, 5) is 36.2. The van der Waals surface area contributed by atoms with Crippen LogP contribution in [-0.4, -0.2) is 116 Å². The molecule has 2 aromatic rings. The Bertz CT molecular complexity index is 1980. The summed E-state index contributed by atoms with van der Waals surface area (Å²) in [7, 11) is 0. The Hall–Kier alpha value is -4.51. The smallest absolute Gasteiger partial charge is 0.412 e. The van der Waals surface area contributed by atoms with E-state index in [9.17, 15) is 24.9 Å². The number of amides is 2. The van der Waals surface area contributed by atoms with E-state index < -0.39 is 36.2 Å². The molecule has 2 aromatic carbocycles. The second-order valence-corrected chi connectivity index (χ2v) is 19.7. The van der Waals surface area contributed by atoms with Gasteiger partial charge in [-0.05, 0) is 86.1 Å². The number of oxime groups is 1. The zero-order valence-electron chi connectivity index (χ0n) is 43.1. The summed E-state index contributed by atoms with van der Waals surface area (Å²) in [6, 6.07) is 14.2. The molecule has 15 nitrogen and oxygen atoms in total. The Morgan fingerprint density at radius 3 is 2.33 bits per heavy atom. The first-order valence-electron chi connectivity index (χ1n) is 27.3. The van der Waals surface area contributed by atoms with E-state index in [0.29, 0.717) is 49.6 Å². The van der Waals surface area contributed by atoms with Gasteiger partial charge in [0.25, 0.3) is 0 Å². The summed E-state index contributed by atoms with van der Waals surface area (Å²) in [6.45, 7) is 7.72. The van der Waals surface area contributed by atoms with Gasteiger partial charge >= 0.3 is 12.2 Å². The molecule has 0 aromatic heterocycles. The largest absolute Gasteiger partial charge is 0.459 e. The molecule has 4 N–H and O–H groups in total. The maximum Gasteiger partial charge on any atom is 0.412 e. The van der Waals surface area contributed by atoms with E-state index in [1.54, 1.807) is 17.0 Å². The SMILES string of the molecule is C=CCO[C@@]12Oc3ccc(OC(=O)NCc4ccccc4)cc3[C@H]3[C@H](CCCCO)[C@@H](CCCCO)C=C(C(=NOC4CCCCO4)C[C@@H]1N(CCOCCO)C(=O)OCCCCCCCCCCCC)[C@H]32. The third-order valence-corrected chi connectivity index (χ3v) is 14.6. The van der Waals surface area contributed by atoms with Gasteiger partial charge in [0.15, 0.2) is 0 Å². The number of benzene rings is 2. The number of allylic oxidation sites excluding steroid dienone is 1. The average Bonchev–Trinajstić information content (AvgIpc) is 3.40. The molecule has 400 valence electrons. The van der Waals surface area contributed by atoms with E-state index in [2.05, 4.69) is 24.9 Å². The number of unbranched alkanes of at least 4 members (excludes halogenated alkanes) is 11. The second-order valence-electron chi connectivity index (χ2n) is 19.7. The van der Waals surface area contributed by atoms with Crippen LogP contribution in [0.15, 0.2) is 78.0 Å². The normalized spacial score (nSPS) is 23.8. The number of aliphatic hydroxyl groups excluding tert-OH is 3. The fourth-order valence-corrected chi connectivity index (χ4v) is 11.1. The minimum atomic E-state index is -1.54. The van der Waals surface area contributed by atoms with Gasteiger partial charge in [0, 0.05) is 50.6 Å². The molecule has 2 aliphatic heterocycles. The summed E-state index contributed by atoms with van der Waals surface area (Å²) < 4.78 is 38.5. The van der Waals surface area contributed by atoms with E-state index in [0.717, 1.165) is 80.9 Å². The third kappa shape index (κ3) is 16.2.